The third-order valence-electron chi connectivity index (χ3n) is 7.68. The molecule has 0 spiro atoms. The van der Waals surface area contributed by atoms with Crippen LogP contribution in [0.5, 0.6) is 0 Å². The summed E-state index contributed by atoms with van der Waals surface area (Å²) < 4.78 is 0. The van der Waals surface area contributed by atoms with Gasteiger partial charge in [-0.15, -0.1) is 0 Å². The number of hydrogen-bond acceptors (Lipinski definition) is 5. The first-order chi connectivity index (χ1) is 17.8. The molecule has 2 unspecified atom stereocenters. The molecule has 0 aliphatic carbocycles. The van der Waals surface area contributed by atoms with Crippen LogP contribution in [0.1, 0.15) is 59.2 Å². The molecule has 8 nitrogen and oxygen atoms in total. The van der Waals surface area contributed by atoms with Crippen molar-refractivity contribution in [3.05, 3.63) is 63.7 Å². The number of likely N-dealkylation sites (tertiary alicyclic amines) is 1. The number of nitrogens with zero attached hydrogens (tertiary/aromatic N) is 2. The van der Waals surface area contributed by atoms with Crippen LogP contribution in [0.3, 0.4) is 0 Å². The van der Waals surface area contributed by atoms with Gasteiger partial charge >= 0.3 is 0 Å². The van der Waals surface area contributed by atoms with E-state index in [9.17, 15) is 19.2 Å². The van der Waals surface area contributed by atoms with Crippen molar-refractivity contribution in [2.75, 3.05) is 18.4 Å². The Hall–Kier alpha value is -3.23. The number of imide groups is 1. The number of carbonyl (C=O) groups excluding carboxylic acids is 4. The molecule has 2 atom stereocenters. The zero-order valence-corrected chi connectivity index (χ0v) is 21.6. The molecule has 3 aliphatic heterocycles. The largest absolute Gasteiger partial charge is 0.325 e. The zero-order valence-electron chi connectivity index (χ0n) is 20.9. The highest BCUT2D eigenvalue weighted by molar-refractivity contribution is 6.31. The predicted octanol–water partition coefficient (Wildman–Crippen LogP) is 3.45. The molecule has 2 fully saturated rings. The molecule has 3 aliphatic rings. The second kappa shape index (κ2) is 10.6. The van der Waals surface area contributed by atoms with Crippen molar-refractivity contribution >= 4 is 40.9 Å². The fraction of sp³-hybridized carbons (Fsp3) is 0.429. The van der Waals surface area contributed by atoms with Gasteiger partial charge in [-0.25, -0.2) is 0 Å². The van der Waals surface area contributed by atoms with Gasteiger partial charge in [0.1, 0.15) is 6.04 Å². The van der Waals surface area contributed by atoms with Crippen molar-refractivity contribution in [1.29, 1.82) is 0 Å². The van der Waals surface area contributed by atoms with Crippen LogP contribution in [0, 0.1) is 6.92 Å². The summed E-state index contributed by atoms with van der Waals surface area (Å²) in [4.78, 5) is 53.8. The van der Waals surface area contributed by atoms with E-state index in [1.165, 1.54) is 0 Å². The molecule has 2 aromatic rings. The van der Waals surface area contributed by atoms with E-state index in [2.05, 4.69) is 15.5 Å². The topological polar surface area (TPSA) is 98.8 Å². The maximum Gasteiger partial charge on any atom is 0.255 e. The van der Waals surface area contributed by atoms with Crippen molar-refractivity contribution in [2.24, 2.45) is 0 Å². The average Bonchev–Trinajstić information content (AvgIpc) is 3.47. The lowest BCUT2D eigenvalue weighted by Crippen LogP contribution is -2.52. The van der Waals surface area contributed by atoms with Gasteiger partial charge in [0.15, 0.2) is 0 Å². The summed E-state index contributed by atoms with van der Waals surface area (Å²) in [5.41, 5.74) is 4.37. The van der Waals surface area contributed by atoms with Crippen molar-refractivity contribution in [1.82, 2.24) is 15.1 Å². The van der Waals surface area contributed by atoms with Crippen molar-refractivity contribution in [2.45, 2.75) is 64.1 Å². The average molecular weight is 523 g/mol. The molecule has 0 radical (unpaired) electrons. The first-order valence-electron chi connectivity index (χ1n) is 12.9. The summed E-state index contributed by atoms with van der Waals surface area (Å²) >= 11 is 6.21. The van der Waals surface area contributed by atoms with Crippen LogP contribution in [0.25, 0.3) is 0 Å². The highest BCUT2D eigenvalue weighted by atomic mass is 35.5. The van der Waals surface area contributed by atoms with Gasteiger partial charge in [-0.2, -0.15) is 0 Å². The van der Waals surface area contributed by atoms with Gasteiger partial charge in [0.25, 0.3) is 5.91 Å². The highest BCUT2D eigenvalue weighted by Gasteiger charge is 2.39. The maximum atomic E-state index is 13.1. The number of nitrogens with one attached hydrogen (secondary N) is 2. The third-order valence-corrected chi connectivity index (χ3v) is 8.08. The SMILES string of the molecule is Cc1ccc(NC(=O)C2CCCN2CCCc2cccc3c2CN(C2CCC(=O)NC2=O)C3=O)cc1Cl. The number of hydrogen-bond donors (Lipinski definition) is 2. The fourth-order valence-electron chi connectivity index (χ4n) is 5.64. The number of rotatable bonds is 7. The lowest BCUT2D eigenvalue weighted by atomic mass is 9.99. The quantitative estimate of drug-likeness (QED) is 0.543. The van der Waals surface area contributed by atoms with Crippen LogP contribution in [-0.4, -0.2) is 58.6 Å². The minimum Gasteiger partial charge on any atom is -0.325 e. The van der Waals surface area contributed by atoms with E-state index in [0.29, 0.717) is 29.2 Å². The molecule has 2 N–H and O–H groups in total. The van der Waals surface area contributed by atoms with Gasteiger partial charge < -0.3 is 10.2 Å². The van der Waals surface area contributed by atoms with Crippen LogP contribution in [-0.2, 0) is 27.3 Å². The second-order valence-electron chi connectivity index (χ2n) is 10.1. The number of fused-ring (bicyclic) bond motifs is 1. The number of aryl methyl sites for hydroxylation is 2. The van der Waals surface area contributed by atoms with Gasteiger partial charge in [-0.05, 0) is 87.0 Å². The Bertz CT molecular complexity index is 1260. The van der Waals surface area contributed by atoms with Crippen molar-refractivity contribution in [3.8, 4) is 0 Å². The molecular weight excluding hydrogens is 492 g/mol. The first-order valence-corrected chi connectivity index (χ1v) is 13.3. The van der Waals surface area contributed by atoms with E-state index in [1.54, 1.807) is 11.0 Å². The number of piperidine rings is 1. The summed E-state index contributed by atoms with van der Waals surface area (Å²) in [6, 6.07) is 10.5. The fourth-order valence-corrected chi connectivity index (χ4v) is 5.82. The Morgan fingerprint density at radius 3 is 2.78 bits per heavy atom. The normalized spacial score (nSPS) is 21.8. The van der Waals surface area contributed by atoms with Crippen molar-refractivity contribution < 1.29 is 19.2 Å². The van der Waals surface area contributed by atoms with Gasteiger partial charge in [0.05, 0.1) is 6.04 Å². The molecule has 2 aromatic carbocycles. The van der Waals surface area contributed by atoms with Gasteiger partial charge in [0, 0.05) is 29.2 Å². The number of anilines is 1. The summed E-state index contributed by atoms with van der Waals surface area (Å²) in [5.74, 6) is -0.852. The Morgan fingerprint density at radius 1 is 1.16 bits per heavy atom. The lowest BCUT2D eigenvalue weighted by molar-refractivity contribution is -0.137. The van der Waals surface area contributed by atoms with Crippen LogP contribution in [0.2, 0.25) is 5.02 Å². The molecule has 0 aromatic heterocycles. The summed E-state index contributed by atoms with van der Waals surface area (Å²) in [6.07, 6.45) is 4.02. The Balaban J connectivity index is 1.19. The highest BCUT2D eigenvalue weighted by Crippen LogP contribution is 2.31. The molecule has 0 bridgehead atoms. The van der Waals surface area contributed by atoms with E-state index in [-0.39, 0.29) is 30.2 Å². The Morgan fingerprint density at radius 2 is 2.00 bits per heavy atom. The molecule has 194 valence electrons. The molecular formula is C28H31ClN4O4. The van der Waals surface area contributed by atoms with E-state index >= 15 is 0 Å². The zero-order chi connectivity index (χ0) is 26.1. The van der Waals surface area contributed by atoms with Gasteiger partial charge in [0.2, 0.25) is 17.7 Å². The molecule has 37 heavy (non-hydrogen) atoms. The van der Waals surface area contributed by atoms with Gasteiger partial charge in [-0.3, -0.25) is 29.4 Å². The summed E-state index contributed by atoms with van der Waals surface area (Å²) in [5, 5.41) is 5.99. The maximum absolute atomic E-state index is 13.1. The third kappa shape index (κ3) is 5.26. The van der Waals surface area contributed by atoms with Crippen molar-refractivity contribution in [3.63, 3.8) is 0 Å². The Kier molecular flexibility index (Phi) is 7.31. The number of carbonyl (C=O) groups is 4. The Labute approximate surface area is 221 Å². The van der Waals surface area contributed by atoms with E-state index in [1.807, 2.05) is 37.3 Å². The van der Waals surface area contributed by atoms with Crippen LogP contribution in [0.4, 0.5) is 5.69 Å². The van der Waals surface area contributed by atoms with Crippen LogP contribution in [0.15, 0.2) is 36.4 Å². The number of halogens is 1. The first kappa shape index (κ1) is 25.4. The second-order valence-corrected chi connectivity index (χ2v) is 10.5. The summed E-state index contributed by atoms with van der Waals surface area (Å²) in [7, 11) is 0. The number of benzene rings is 2. The molecule has 2 saturated heterocycles. The lowest BCUT2D eigenvalue weighted by Gasteiger charge is -2.29. The summed E-state index contributed by atoms with van der Waals surface area (Å²) in [6.45, 7) is 3.96. The van der Waals surface area contributed by atoms with E-state index in [4.69, 9.17) is 11.6 Å². The van der Waals surface area contributed by atoms with Crippen LogP contribution < -0.4 is 10.6 Å². The smallest absolute Gasteiger partial charge is 0.255 e. The number of amides is 4. The van der Waals surface area contributed by atoms with E-state index in [0.717, 1.165) is 55.5 Å². The standard InChI is InChI=1S/C28H31ClN4O4/c1-17-9-10-19(15-22(17)29)30-26(35)23-8-4-14-32(23)13-3-6-18-5-2-7-20-21(18)16-33(28(20)37)24-11-12-25(34)31-27(24)36/h2,5,7,9-10,15,23-24H,3-4,6,8,11-14,16H2,1H3,(H,30,35)(H,31,34,36). The van der Waals surface area contributed by atoms with Crippen LogP contribution >= 0.6 is 11.6 Å². The predicted molar refractivity (Wildman–Crippen MR) is 140 cm³/mol. The molecule has 5 rings (SSSR count). The monoisotopic (exact) mass is 522 g/mol. The van der Waals surface area contributed by atoms with E-state index < -0.39 is 11.9 Å². The molecule has 4 amide bonds. The molecule has 9 heteroatoms. The molecule has 0 saturated carbocycles. The minimum atomic E-state index is -0.613. The molecule has 3 heterocycles. The van der Waals surface area contributed by atoms with Gasteiger partial charge in [-0.1, -0.05) is 29.8 Å². The minimum absolute atomic E-state index is 0.0106.